The Morgan fingerprint density at radius 3 is 1.67 bits per heavy atom. The zero-order valence-corrected chi connectivity index (χ0v) is 15.7. The fourth-order valence-corrected chi connectivity index (χ4v) is 2.77. The van der Waals surface area contributed by atoms with E-state index in [2.05, 4.69) is 0 Å². The van der Waals surface area contributed by atoms with Crippen LogP contribution in [-0.2, 0) is 9.59 Å². The second-order valence-electron chi connectivity index (χ2n) is 7.02. The third-order valence-corrected chi connectivity index (χ3v) is 3.81. The summed E-state index contributed by atoms with van der Waals surface area (Å²) in [5, 5.41) is 0. The number of ketones is 2. The zero-order valence-electron chi connectivity index (χ0n) is 15.7. The van der Waals surface area contributed by atoms with E-state index in [9.17, 15) is 9.59 Å². The van der Waals surface area contributed by atoms with Crippen LogP contribution >= 0.6 is 0 Å². The van der Waals surface area contributed by atoms with Gasteiger partial charge in [0.05, 0.1) is 5.57 Å². The van der Waals surface area contributed by atoms with Crippen LogP contribution in [0.3, 0.4) is 0 Å². The molecule has 0 N–H and O–H groups in total. The van der Waals surface area contributed by atoms with Gasteiger partial charge in [0.2, 0.25) is 0 Å². The first-order valence-corrected chi connectivity index (χ1v) is 8.37. The van der Waals surface area contributed by atoms with Gasteiger partial charge in [-0.2, -0.15) is 0 Å². The average molecular weight is 330 g/mol. The standard InChI is InChI=1S/C20H30N2O2/c1-15(13-21(3)4)19(23)18(12-17-10-8-7-9-11-17)20(24)16(2)14-22(5)6/h7-12,15-16H,13-14H2,1-6H3/t15-,16-/m0/s1. The lowest BCUT2D eigenvalue weighted by atomic mass is 9.89. The van der Waals surface area contributed by atoms with Crippen molar-refractivity contribution < 1.29 is 9.59 Å². The highest BCUT2D eigenvalue weighted by Gasteiger charge is 2.27. The Hall–Kier alpha value is -1.78. The van der Waals surface area contributed by atoms with Gasteiger partial charge in [-0.25, -0.2) is 0 Å². The summed E-state index contributed by atoms with van der Waals surface area (Å²) in [6, 6.07) is 9.56. The van der Waals surface area contributed by atoms with E-state index < -0.39 is 0 Å². The van der Waals surface area contributed by atoms with Crippen molar-refractivity contribution in [2.45, 2.75) is 13.8 Å². The number of hydrogen-bond donors (Lipinski definition) is 0. The van der Waals surface area contributed by atoms with Crippen LogP contribution in [0, 0.1) is 11.8 Å². The van der Waals surface area contributed by atoms with Gasteiger partial charge in [0.1, 0.15) is 0 Å². The van der Waals surface area contributed by atoms with Gasteiger partial charge in [0.25, 0.3) is 0 Å². The summed E-state index contributed by atoms with van der Waals surface area (Å²) < 4.78 is 0. The van der Waals surface area contributed by atoms with E-state index in [1.807, 2.05) is 82.2 Å². The third kappa shape index (κ3) is 6.38. The van der Waals surface area contributed by atoms with Crippen LogP contribution in [-0.4, -0.2) is 62.6 Å². The molecule has 0 amide bonds. The van der Waals surface area contributed by atoms with E-state index in [1.54, 1.807) is 6.08 Å². The molecule has 1 aromatic rings. The van der Waals surface area contributed by atoms with Gasteiger partial charge >= 0.3 is 0 Å². The Kier molecular flexibility index (Phi) is 8.02. The number of Topliss-reactive ketones (excluding diaryl/α,β-unsaturated/α-hetero) is 2. The van der Waals surface area contributed by atoms with Crippen molar-refractivity contribution in [2.24, 2.45) is 11.8 Å². The van der Waals surface area contributed by atoms with Crippen LogP contribution < -0.4 is 0 Å². The summed E-state index contributed by atoms with van der Waals surface area (Å²) in [6.07, 6.45) is 1.74. The molecule has 132 valence electrons. The molecule has 0 aliphatic carbocycles. The molecule has 0 aromatic heterocycles. The summed E-state index contributed by atoms with van der Waals surface area (Å²) in [7, 11) is 7.73. The van der Waals surface area contributed by atoms with Gasteiger partial charge in [0, 0.05) is 24.9 Å². The maximum Gasteiger partial charge on any atom is 0.170 e. The molecule has 4 heteroatoms. The molecule has 0 spiro atoms. The predicted molar refractivity (Wildman–Crippen MR) is 99.9 cm³/mol. The molecule has 0 aliphatic heterocycles. The monoisotopic (exact) mass is 330 g/mol. The summed E-state index contributed by atoms with van der Waals surface area (Å²) in [4.78, 5) is 29.7. The van der Waals surface area contributed by atoms with Gasteiger partial charge in [-0.3, -0.25) is 9.59 Å². The lowest BCUT2D eigenvalue weighted by Gasteiger charge is -2.20. The molecule has 1 rings (SSSR count). The Morgan fingerprint density at radius 2 is 1.29 bits per heavy atom. The number of hydrogen-bond acceptors (Lipinski definition) is 4. The molecule has 0 bridgehead atoms. The molecule has 0 aliphatic rings. The van der Waals surface area contributed by atoms with Crippen molar-refractivity contribution >= 4 is 17.6 Å². The molecule has 2 atom stereocenters. The lowest BCUT2D eigenvalue weighted by Crippen LogP contribution is -2.33. The van der Waals surface area contributed by atoms with E-state index in [0.29, 0.717) is 18.7 Å². The topological polar surface area (TPSA) is 40.6 Å². The van der Waals surface area contributed by atoms with Gasteiger partial charge in [-0.1, -0.05) is 44.2 Å². The molecular weight excluding hydrogens is 300 g/mol. The van der Waals surface area contributed by atoms with E-state index >= 15 is 0 Å². The van der Waals surface area contributed by atoms with Crippen LogP contribution in [0.25, 0.3) is 6.08 Å². The minimum Gasteiger partial charge on any atom is -0.309 e. The third-order valence-electron chi connectivity index (χ3n) is 3.81. The van der Waals surface area contributed by atoms with E-state index in [1.165, 1.54) is 0 Å². The Morgan fingerprint density at radius 1 is 0.875 bits per heavy atom. The second-order valence-corrected chi connectivity index (χ2v) is 7.02. The zero-order chi connectivity index (χ0) is 18.3. The number of carbonyl (C=O) groups excluding carboxylic acids is 2. The fraction of sp³-hybridized carbons (Fsp3) is 0.500. The highest BCUT2D eigenvalue weighted by molar-refractivity contribution is 6.24. The lowest BCUT2D eigenvalue weighted by molar-refractivity contribution is -0.125. The Bertz CT molecular complexity index is 547. The van der Waals surface area contributed by atoms with Crippen LogP contribution in [0.5, 0.6) is 0 Å². The van der Waals surface area contributed by atoms with Crippen LogP contribution in [0.2, 0.25) is 0 Å². The van der Waals surface area contributed by atoms with Gasteiger partial charge in [0.15, 0.2) is 11.6 Å². The largest absolute Gasteiger partial charge is 0.309 e. The Labute approximate surface area is 146 Å². The first-order chi connectivity index (χ1) is 11.2. The molecule has 0 fully saturated rings. The highest BCUT2D eigenvalue weighted by Crippen LogP contribution is 2.18. The van der Waals surface area contributed by atoms with E-state index in [-0.39, 0.29) is 23.4 Å². The van der Waals surface area contributed by atoms with Gasteiger partial charge < -0.3 is 9.80 Å². The molecule has 0 saturated heterocycles. The molecule has 1 aromatic carbocycles. The van der Waals surface area contributed by atoms with Crippen molar-refractivity contribution in [3.63, 3.8) is 0 Å². The molecular formula is C20H30N2O2. The second kappa shape index (κ2) is 9.50. The summed E-state index contributed by atoms with van der Waals surface area (Å²) >= 11 is 0. The number of benzene rings is 1. The number of nitrogens with zero attached hydrogens (tertiary/aromatic N) is 2. The first-order valence-electron chi connectivity index (χ1n) is 8.37. The van der Waals surface area contributed by atoms with Crippen molar-refractivity contribution in [3.05, 3.63) is 41.5 Å². The van der Waals surface area contributed by atoms with Crippen molar-refractivity contribution in [1.29, 1.82) is 0 Å². The normalized spacial score (nSPS) is 13.7. The summed E-state index contributed by atoms with van der Waals surface area (Å²) in [5.74, 6) is -0.595. The molecule has 24 heavy (non-hydrogen) atoms. The fourth-order valence-electron chi connectivity index (χ4n) is 2.77. The van der Waals surface area contributed by atoms with E-state index in [4.69, 9.17) is 0 Å². The quantitative estimate of drug-likeness (QED) is 0.396. The van der Waals surface area contributed by atoms with Crippen LogP contribution in [0.4, 0.5) is 0 Å². The predicted octanol–water partition coefficient (Wildman–Crippen LogP) is 2.60. The van der Waals surface area contributed by atoms with Crippen LogP contribution in [0.15, 0.2) is 35.9 Å². The number of allylic oxidation sites excluding steroid dienone is 1. The van der Waals surface area contributed by atoms with Crippen molar-refractivity contribution in [3.8, 4) is 0 Å². The van der Waals surface area contributed by atoms with Gasteiger partial charge in [-0.15, -0.1) is 0 Å². The van der Waals surface area contributed by atoms with Crippen molar-refractivity contribution in [2.75, 3.05) is 41.3 Å². The number of carbonyl (C=O) groups is 2. The first kappa shape index (κ1) is 20.3. The van der Waals surface area contributed by atoms with Gasteiger partial charge in [-0.05, 0) is 39.8 Å². The average Bonchev–Trinajstić information content (AvgIpc) is 2.51. The Balaban J connectivity index is 3.14. The molecule has 0 radical (unpaired) electrons. The number of rotatable bonds is 9. The molecule has 4 nitrogen and oxygen atoms in total. The maximum atomic E-state index is 12.9. The van der Waals surface area contributed by atoms with E-state index in [0.717, 1.165) is 5.56 Å². The summed E-state index contributed by atoms with van der Waals surface area (Å²) in [6.45, 7) is 5.01. The maximum absolute atomic E-state index is 12.9. The molecule has 0 unspecified atom stereocenters. The molecule has 0 saturated carbocycles. The minimum atomic E-state index is -0.217. The van der Waals surface area contributed by atoms with Crippen molar-refractivity contribution in [1.82, 2.24) is 9.80 Å². The molecule has 0 heterocycles. The highest BCUT2D eigenvalue weighted by atomic mass is 16.1. The summed E-state index contributed by atoms with van der Waals surface area (Å²) in [5.41, 5.74) is 1.19. The van der Waals surface area contributed by atoms with Crippen LogP contribution in [0.1, 0.15) is 19.4 Å². The SMILES string of the molecule is C[C@@H](CN(C)C)C(=O)C(=Cc1ccccc1)C(=O)[C@@H](C)CN(C)C. The minimum absolute atomic E-state index is 0.0804. The smallest absolute Gasteiger partial charge is 0.170 e.